The van der Waals surface area contributed by atoms with E-state index in [1.54, 1.807) is 6.07 Å². The van der Waals surface area contributed by atoms with Gasteiger partial charge in [0.15, 0.2) is 5.13 Å². The molecule has 0 fully saturated rings. The first-order valence-corrected chi connectivity index (χ1v) is 8.19. The van der Waals surface area contributed by atoms with Crippen LogP contribution in [0.15, 0.2) is 53.9 Å². The zero-order valence-electron chi connectivity index (χ0n) is 12.5. The number of hydrogen-bond donors (Lipinski definition) is 2. The van der Waals surface area contributed by atoms with Gasteiger partial charge in [-0.2, -0.15) is 0 Å². The third-order valence-corrected chi connectivity index (χ3v) is 4.38. The van der Waals surface area contributed by atoms with E-state index < -0.39 is 0 Å². The Hall–Kier alpha value is -2.66. The molecular weight excluding hydrogens is 306 g/mol. The molecule has 4 nitrogen and oxygen atoms in total. The summed E-state index contributed by atoms with van der Waals surface area (Å²) >= 11 is 1.44. The van der Waals surface area contributed by atoms with Crippen molar-refractivity contribution in [3.05, 3.63) is 70.6 Å². The van der Waals surface area contributed by atoms with Gasteiger partial charge in [0.2, 0.25) is 5.91 Å². The number of aromatic nitrogens is 1. The lowest BCUT2D eigenvalue weighted by Crippen LogP contribution is -2.13. The summed E-state index contributed by atoms with van der Waals surface area (Å²) in [5.41, 5.74) is 15.8. The van der Waals surface area contributed by atoms with Crippen LogP contribution in [-0.4, -0.2) is 10.9 Å². The smallest absolute Gasteiger partial charge is 0.248 e. The minimum absolute atomic E-state index is 0.382. The first-order valence-electron chi connectivity index (χ1n) is 7.31. The second-order valence-electron chi connectivity index (χ2n) is 5.29. The molecule has 0 aliphatic heterocycles. The minimum Gasteiger partial charge on any atom is -0.375 e. The zero-order chi connectivity index (χ0) is 16.2. The summed E-state index contributed by atoms with van der Waals surface area (Å²) in [6.45, 7) is 0. The molecule has 3 rings (SSSR count). The molecule has 3 aromatic rings. The molecule has 23 heavy (non-hydrogen) atoms. The lowest BCUT2D eigenvalue weighted by molar-refractivity contribution is 0.0999. The molecule has 0 saturated carbocycles. The molecule has 5 heteroatoms. The lowest BCUT2D eigenvalue weighted by Gasteiger charge is -2.07. The van der Waals surface area contributed by atoms with Gasteiger partial charge in [0.25, 0.3) is 0 Å². The Balaban J connectivity index is 1.78. The Labute approximate surface area is 138 Å². The van der Waals surface area contributed by atoms with Crippen LogP contribution >= 0.6 is 11.3 Å². The average molecular weight is 323 g/mol. The Bertz CT molecular complexity index is 842. The van der Waals surface area contributed by atoms with E-state index in [0.29, 0.717) is 10.7 Å². The summed E-state index contributed by atoms with van der Waals surface area (Å²) in [6.07, 6.45) is 1.60. The average Bonchev–Trinajstić information content (AvgIpc) is 3.00. The van der Waals surface area contributed by atoms with Gasteiger partial charge in [-0.25, -0.2) is 4.98 Å². The number of anilines is 1. The largest absolute Gasteiger partial charge is 0.375 e. The molecule has 0 aliphatic rings. The molecule has 0 saturated heterocycles. The molecule has 0 radical (unpaired) electrons. The fraction of sp³-hybridized carbons (Fsp3) is 0.111. The van der Waals surface area contributed by atoms with Crippen molar-refractivity contribution in [1.29, 1.82) is 0 Å². The minimum atomic E-state index is -0.382. The Morgan fingerprint density at radius 3 is 2.65 bits per heavy atom. The van der Waals surface area contributed by atoms with Crippen LogP contribution < -0.4 is 11.5 Å². The summed E-state index contributed by atoms with van der Waals surface area (Å²) in [6, 6.07) is 15.7. The molecule has 0 aliphatic carbocycles. The van der Waals surface area contributed by atoms with E-state index in [1.807, 2.05) is 35.7 Å². The van der Waals surface area contributed by atoms with Crippen molar-refractivity contribution in [3.8, 4) is 11.3 Å². The number of hydrogen-bond acceptors (Lipinski definition) is 4. The van der Waals surface area contributed by atoms with E-state index in [1.165, 1.54) is 16.9 Å². The van der Waals surface area contributed by atoms with Crippen LogP contribution in [0.25, 0.3) is 11.3 Å². The summed E-state index contributed by atoms with van der Waals surface area (Å²) in [7, 11) is 0. The van der Waals surface area contributed by atoms with E-state index >= 15 is 0 Å². The number of carbonyl (C=O) groups excluding carboxylic acids is 1. The topological polar surface area (TPSA) is 82.0 Å². The van der Waals surface area contributed by atoms with Crippen molar-refractivity contribution in [1.82, 2.24) is 4.98 Å². The van der Waals surface area contributed by atoms with E-state index in [9.17, 15) is 4.79 Å². The maximum Gasteiger partial charge on any atom is 0.248 e. The van der Waals surface area contributed by atoms with Gasteiger partial charge < -0.3 is 11.5 Å². The maximum atomic E-state index is 11.5. The molecule has 1 aromatic heterocycles. The summed E-state index contributed by atoms with van der Waals surface area (Å²) in [5.74, 6) is -0.382. The van der Waals surface area contributed by atoms with Gasteiger partial charge in [-0.1, -0.05) is 36.4 Å². The van der Waals surface area contributed by atoms with Crippen LogP contribution in [-0.2, 0) is 12.8 Å². The van der Waals surface area contributed by atoms with Crippen molar-refractivity contribution in [3.63, 3.8) is 0 Å². The van der Waals surface area contributed by atoms with Gasteiger partial charge in [0.1, 0.15) is 0 Å². The second-order valence-corrected chi connectivity index (χ2v) is 6.18. The number of nitrogens with zero attached hydrogens (tertiary/aromatic N) is 1. The zero-order valence-corrected chi connectivity index (χ0v) is 13.3. The molecule has 1 amide bonds. The highest BCUT2D eigenvalue weighted by molar-refractivity contribution is 7.13. The summed E-state index contributed by atoms with van der Waals surface area (Å²) in [4.78, 5) is 15.8. The Morgan fingerprint density at radius 1 is 1.09 bits per heavy atom. The van der Waals surface area contributed by atoms with E-state index in [4.69, 9.17) is 11.5 Å². The number of primary amides is 1. The predicted octanol–water partition coefficient (Wildman–Crippen LogP) is 3.28. The number of rotatable bonds is 5. The SMILES string of the molecule is NC(=O)c1ccccc1CCc1cccc(-c2csc(N)n2)c1. The first kappa shape index (κ1) is 15.2. The highest BCUT2D eigenvalue weighted by Gasteiger charge is 2.08. The van der Waals surface area contributed by atoms with Gasteiger partial charge >= 0.3 is 0 Å². The lowest BCUT2D eigenvalue weighted by atomic mass is 9.98. The fourth-order valence-corrected chi connectivity index (χ4v) is 3.14. The van der Waals surface area contributed by atoms with Crippen molar-refractivity contribution in [2.75, 3.05) is 5.73 Å². The van der Waals surface area contributed by atoms with Gasteiger partial charge in [-0.15, -0.1) is 11.3 Å². The maximum absolute atomic E-state index is 11.5. The van der Waals surface area contributed by atoms with E-state index in [0.717, 1.165) is 29.7 Å². The number of benzene rings is 2. The number of carbonyl (C=O) groups is 1. The highest BCUT2D eigenvalue weighted by Crippen LogP contribution is 2.24. The molecule has 2 aromatic carbocycles. The molecule has 0 atom stereocenters. The number of aryl methyl sites for hydroxylation is 2. The first-order chi connectivity index (χ1) is 11.1. The summed E-state index contributed by atoms with van der Waals surface area (Å²) < 4.78 is 0. The number of nitrogen functional groups attached to an aromatic ring is 1. The molecule has 116 valence electrons. The molecule has 4 N–H and O–H groups in total. The molecule has 1 heterocycles. The normalized spacial score (nSPS) is 10.6. The van der Waals surface area contributed by atoms with Gasteiger partial charge in [-0.3, -0.25) is 4.79 Å². The van der Waals surface area contributed by atoms with Crippen LogP contribution in [0.3, 0.4) is 0 Å². The number of nitrogens with two attached hydrogens (primary N) is 2. The quantitative estimate of drug-likeness (QED) is 0.756. The second kappa shape index (κ2) is 6.62. The van der Waals surface area contributed by atoms with E-state index in [-0.39, 0.29) is 5.91 Å². The molecular formula is C18H17N3OS. The summed E-state index contributed by atoms with van der Waals surface area (Å²) in [5, 5.41) is 2.53. The third-order valence-electron chi connectivity index (χ3n) is 3.71. The van der Waals surface area contributed by atoms with Crippen LogP contribution in [0.4, 0.5) is 5.13 Å². The molecule has 0 unspecified atom stereocenters. The highest BCUT2D eigenvalue weighted by atomic mass is 32.1. The predicted molar refractivity (Wildman–Crippen MR) is 94.3 cm³/mol. The van der Waals surface area contributed by atoms with E-state index in [2.05, 4.69) is 17.1 Å². The van der Waals surface area contributed by atoms with Crippen molar-refractivity contribution < 1.29 is 4.79 Å². The van der Waals surface area contributed by atoms with Crippen molar-refractivity contribution >= 4 is 22.4 Å². The Kier molecular flexibility index (Phi) is 4.39. The van der Waals surface area contributed by atoms with Crippen LogP contribution in [0.1, 0.15) is 21.5 Å². The molecule has 0 bridgehead atoms. The van der Waals surface area contributed by atoms with Gasteiger partial charge in [-0.05, 0) is 36.1 Å². The number of amides is 1. The van der Waals surface area contributed by atoms with Crippen LogP contribution in [0.2, 0.25) is 0 Å². The van der Waals surface area contributed by atoms with Gasteiger partial charge in [0, 0.05) is 16.5 Å². The van der Waals surface area contributed by atoms with Crippen LogP contribution in [0.5, 0.6) is 0 Å². The third kappa shape index (κ3) is 3.57. The Morgan fingerprint density at radius 2 is 1.91 bits per heavy atom. The monoisotopic (exact) mass is 323 g/mol. The van der Waals surface area contributed by atoms with Crippen molar-refractivity contribution in [2.24, 2.45) is 5.73 Å². The standard InChI is InChI=1S/C18H17N3OS/c19-17(22)15-7-2-1-5-13(15)9-8-12-4-3-6-14(10-12)16-11-23-18(20)21-16/h1-7,10-11H,8-9H2,(H2,19,22)(H2,20,21). The molecule has 0 spiro atoms. The van der Waals surface area contributed by atoms with Crippen LogP contribution in [0, 0.1) is 0 Å². The van der Waals surface area contributed by atoms with Crippen molar-refractivity contribution in [2.45, 2.75) is 12.8 Å². The van der Waals surface area contributed by atoms with Gasteiger partial charge in [0.05, 0.1) is 5.69 Å². The number of thiazole rings is 1. The fourth-order valence-electron chi connectivity index (χ4n) is 2.56.